The van der Waals surface area contributed by atoms with Crippen LogP contribution in [-0.4, -0.2) is 35.1 Å². The highest BCUT2D eigenvalue weighted by Crippen LogP contribution is 2.26. The van der Waals surface area contributed by atoms with Gasteiger partial charge in [0.25, 0.3) is 5.91 Å². The van der Waals surface area contributed by atoms with Gasteiger partial charge < -0.3 is 10.6 Å². The van der Waals surface area contributed by atoms with Crippen LogP contribution in [0.5, 0.6) is 0 Å². The minimum atomic E-state index is 0.0103. The van der Waals surface area contributed by atoms with Crippen LogP contribution in [0.15, 0.2) is 28.6 Å². The Labute approximate surface area is 119 Å². The van der Waals surface area contributed by atoms with Crippen LogP contribution in [0.3, 0.4) is 0 Å². The van der Waals surface area contributed by atoms with Crippen molar-refractivity contribution in [3.63, 3.8) is 0 Å². The summed E-state index contributed by atoms with van der Waals surface area (Å²) in [7, 11) is 3.48. The maximum absolute atomic E-state index is 11.7. The van der Waals surface area contributed by atoms with E-state index in [4.69, 9.17) is 5.73 Å². The number of aromatic nitrogens is 2. The van der Waals surface area contributed by atoms with Crippen LogP contribution >= 0.6 is 23.1 Å². The average molecular weight is 294 g/mol. The number of carbonyl (C=O) groups excluding carboxylic acids is 1. The number of hydrogen-bond acceptors (Lipinski definition) is 6. The van der Waals surface area contributed by atoms with Crippen LogP contribution in [0.1, 0.15) is 15.9 Å². The summed E-state index contributed by atoms with van der Waals surface area (Å²) in [4.78, 5) is 13.3. The molecular formula is C12H14N4OS2. The van der Waals surface area contributed by atoms with Gasteiger partial charge in [-0.1, -0.05) is 35.2 Å². The Hall–Kier alpha value is -1.60. The lowest BCUT2D eigenvalue weighted by atomic mass is 10.1. The molecule has 1 aromatic carbocycles. The van der Waals surface area contributed by atoms with Gasteiger partial charge in [-0.3, -0.25) is 4.79 Å². The Morgan fingerprint density at radius 2 is 2.00 bits per heavy atom. The predicted molar refractivity (Wildman–Crippen MR) is 78.3 cm³/mol. The molecule has 0 bridgehead atoms. The number of nitrogens with two attached hydrogens (primary N) is 1. The maximum Gasteiger partial charge on any atom is 0.253 e. The molecule has 0 unspecified atom stereocenters. The highest BCUT2D eigenvalue weighted by atomic mass is 32.2. The van der Waals surface area contributed by atoms with Crippen LogP contribution in [0.2, 0.25) is 0 Å². The molecule has 0 spiro atoms. The zero-order chi connectivity index (χ0) is 13.8. The smallest absolute Gasteiger partial charge is 0.253 e. The van der Waals surface area contributed by atoms with Gasteiger partial charge in [0, 0.05) is 25.4 Å². The Kier molecular flexibility index (Phi) is 4.39. The monoisotopic (exact) mass is 294 g/mol. The van der Waals surface area contributed by atoms with Crippen LogP contribution in [0.25, 0.3) is 0 Å². The van der Waals surface area contributed by atoms with Gasteiger partial charge in [-0.25, -0.2) is 0 Å². The average Bonchev–Trinajstić information content (AvgIpc) is 2.82. The largest absolute Gasteiger partial charge is 0.374 e. The number of anilines is 1. The molecule has 1 aromatic heterocycles. The van der Waals surface area contributed by atoms with E-state index < -0.39 is 0 Å². The summed E-state index contributed by atoms with van der Waals surface area (Å²) >= 11 is 2.96. The molecule has 0 fully saturated rings. The van der Waals surface area contributed by atoms with Gasteiger partial charge in [0.05, 0.1) is 0 Å². The molecule has 1 amide bonds. The minimum absolute atomic E-state index is 0.0103. The van der Waals surface area contributed by atoms with E-state index in [2.05, 4.69) is 10.2 Å². The van der Waals surface area contributed by atoms with Gasteiger partial charge in [0.15, 0.2) is 4.34 Å². The fraction of sp³-hybridized carbons (Fsp3) is 0.250. The number of benzene rings is 1. The van der Waals surface area contributed by atoms with Gasteiger partial charge >= 0.3 is 0 Å². The van der Waals surface area contributed by atoms with Crippen molar-refractivity contribution in [3.8, 4) is 0 Å². The van der Waals surface area contributed by atoms with Crippen molar-refractivity contribution < 1.29 is 4.79 Å². The van der Waals surface area contributed by atoms with E-state index in [1.165, 1.54) is 11.3 Å². The summed E-state index contributed by atoms with van der Waals surface area (Å²) in [6.45, 7) is 0. The summed E-state index contributed by atoms with van der Waals surface area (Å²) in [6.07, 6.45) is 0. The number of nitrogen functional groups attached to an aromatic ring is 1. The molecule has 2 rings (SSSR count). The number of nitrogens with zero attached hydrogens (tertiary/aromatic N) is 3. The number of thioether (sulfide) groups is 1. The fourth-order valence-electron chi connectivity index (χ4n) is 1.43. The maximum atomic E-state index is 11.7. The summed E-state index contributed by atoms with van der Waals surface area (Å²) in [5.74, 6) is 0.793. The standard InChI is InChI=1S/C12H14N4OS2/c1-16(2)10(17)9-5-3-8(4-6-9)7-18-12-15-14-11(13)19-12/h3-6H,7H2,1-2H3,(H2,13,14). The van der Waals surface area contributed by atoms with Crippen molar-refractivity contribution in [2.75, 3.05) is 19.8 Å². The van der Waals surface area contributed by atoms with Crippen molar-refractivity contribution >= 4 is 34.1 Å². The van der Waals surface area contributed by atoms with Crippen LogP contribution in [0, 0.1) is 0 Å². The van der Waals surface area contributed by atoms with Gasteiger partial charge in [-0.15, -0.1) is 10.2 Å². The first-order chi connectivity index (χ1) is 9.06. The van der Waals surface area contributed by atoms with Crippen molar-refractivity contribution in [1.82, 2.24) is 15.1 Å². The van der Waals surface area contributed by atoms with E-state index >= 15 is 0 Å². The molecule has 2 aromatic rings. The topological polar surface area (TPSA) is 72.1 Å². The third-order valence-corrected chi connectivity index (χ3v) is 4.35. The molecule has 0 aliphatic carbocycles. The molecule has 19 heavy (non-hydrogen) atoms. The SMILES string of the molecule is CN(C)C(=O)c1ccc(CSc2nnc(N)s2)cc1. The highest BCUT2D eigenvalue weighted by Gasteiger charge is 2.07. The molecular weight excluding hydrogens is 280 g/mol. The van der Waals surface area contributed by atoms with E-state index in [-0.39, 0.29) is 5.91 Å². The van der Waals surface area contributed by atoms with Crippen LogP contribution < -0.4 is 5.73 Å². The molecule has 2 N–H and O–H groups in total. The molecule has 0 radical (unpaired) electrons. The molecule has 5 nitrogen and oxygen atoms in total. The second-order valence-corrected chi connectivity index (χ2v) is 6.32. The Morgan fingerprint density at radius 1 is 1.32 bits per heavy atom. The fourth-order valence-corrected chi connectivity index (χ4v) is 3.02. The van der Waals surface area contributed by atoms with E-state index in [0.29, 0.717) is 10.7 Å². The Balaban J connectivity index is 1.97. The van der Waals surface area contributed by atoms with E-state index in [0.717, 1.165) is 15.7 Å². The lowest BCUT2D eigenvalue weighted by Crippen LogP contribution is -2.21. The third-order valence-electron chi connectivity index (χ3n) is 2.39. The summed E-state index contributed by atoms with van der Waals surface area (Å²) < 4.78 is 0.853. The van der Waals surface area contributed by atoms with Gasteiger partial charge in [-0.2, -0.15) is 0 Å². The van der Waals surface area contributed by atoms with Crippen molar-refractivity contribution in [2.45, 2.75) is 10.1 Å². The summed E-state index contributed by atoms with van der Waals surface area (Å²) in [5.41, 5.74) is 7.35. The number of amides is 1. The van der Waals surface area contributed by atoms with Crippen molar-refractivity contribution in [1.29, 1.82) is 0 Å². The van der Waals surface area contributed by atoms with E-state index in [1.807, 2.05) is 24.3 Å². The molecule has 0 saturated carbocycles. The number of carbonyl (C=O) groups is 1. The lowest BCUT2D eigenvalue weighted by Gasteiger charge is -2.10. The molecule has 1 heterocycles. The molecule has 0 aliphatic rings. The van der Waals surface area contributed by atoms with Crippen molar-refractivity contribution in [2.24, 2.45) is 0 Å². The Morgan fingerprint density at radius 3 is 2.53 bits per heavy atom. The quantitative estimate of drug-likeness (QED) is 0.874. The Bertz CT molecular complexity index is 565. The van der Waals surface area contributed by atoms with Gasteiger partial charge in [0.1, 0.15) is 0 Å². The molecule has 0 atom stereocenters. The van der Waals surface area contributed by atoms with Crippen LogP contribution in [0.4, 0.5) is 5.13 Å². The summed E-state index contributed by atoms with van der Waals surface area (Å²) in [5, 5.41) is 8.19. The third kappa shape index (κ3) is 3.68. The van der Waals surface area contributed by atoms with Crippen LogP contribution in [-0.2, 0) is 5.75 Å². The zero-order valence-electron chi connectivity index (χ0n) is 10.7. The second kappa shape index (κ2) is 6.03. The van der Waals surface area contributed by atoms with Gasteiger partial charge in [-0.05, 0) is 17.7 Å². The lowest BCUT2D eigenvalue weighted by molar-refractivity contribution is 0.0827. The number of rotatable bonds is 4. The second-order valence-electron chi connectivity index (χ2n) is 4.09. The minimum Gasteiger partial charge on any atom is -0.374 e. The first-order valence-electron chi connectivity index (χ1n) is 5.58. The normalized spacial score (nSPS) is 10.4. The first-order valence-corrected chi connectivity index (χ1v) is 7.39. The predicted octanol–water partition coefficient (Wildman–Crippen LogP) is 2.11. The zero-order valence-corrected chi connectivity index (χ0v) is 12.3. The molecule has 7 heteroatoms. The molecule has 100 valence electrons. The summed E-state index contributed by atoms with van der Waals surface area (Å²) in [6, 6.07) is 7.58. The van der Waals surface area contributed by atoms with E-state index in [9.17, 15) is 4.79 Å². The van der Waals surface area contributed by atoms with Crippen molar-refractivity contribution in [3.05, 3.63) is 35.4 Å². The van der Waals surface area contributed by atoms with E-state index in [1.54, 1.807) is 30.8 Å². The number of hydrogen-bond donors (Lipinski definition) is 1. The first kappa shape index (κ1) is 13.8. The van der Waals surface area contributed by atoms with Gasteiger partial charge in [0.2, 0.25) is 5.13 Å². The molecule has 0 aliphatic heterocycles. The molecule has 0 saturated heterocycles. The highest BCUT2D eigenvalue weighted by molar-refractivity contribution is 8.00.